The smallest absolute Gasteiger partial charge is 0.0888 e. The monoisotopic (exact) mass is 196 g/mol. The minimum Gasteiger partial charge on any atom is -0.276 e. The van der Waals surface area contributed by atoms with E-state index in [-0.39, 0.29) is 0 Å². The van der Waals surface area contributed by atoms with Crippen molar-refractivity contribution in [1.82, 2.24) is 20.2 Å². The topological polar surface area (TPSA) is 54.5 Å². The number of hydrogen-bond donors (Lipinski definition) is 1. The van der Waals surface area contributed by atoms with Gasteiger partial charge in [0, 0.05) is 24.0 Å². The Morgan fingerprint density at radius 3 is 2.87 bits per heavy atom. The van der Waals surface area contributed by atoms with E-state index < -0.39 is 0 Å². The third-order valence-electron chi connectivity index (χ3n) is 2.27. The summed E-state index contributed by atoms with van der Waals surface area (Å²) in [6.45, 7) is 0. The number of fused-ring (bicyclic) bond motifs is 1. The van der Waals surface area contributed by atoms with Gasteiger partial charge in [-0.15, -0.1) is 0 Å². The molecule has 3 aromatic heterocycles. The van der Waals surface area contributed by atoms with Crippen LogP contribution in [-0.4, -0.2) is 20.2 Å². The van der Waals surface area contributed by atoms with Crippen LogP contribution in [0.1, 0.15) is 0 Å². The van der Waals surface area contributed by atoms with Crippen molar-refractivity contribution in [3.63, 3.8) is 0 Å². The van der Waals surface area contributed by atoms with Crippen molar-refractivity contribution in [2.75, 3.05) is 0 Å². The van der Waals surface area contributed by atoms with Gasteiger partial charge in [-0.1, -0.05) is 0 Å². The van der Waals surface area contributed by atoms with Crippen molar-refractivity contribution in [1.29, 1.82) is 0 Å². The zero-order chi connectivity index (χ0) is 10.1. The summed E-state index contributed by atoms with van der Waals surface area (Å²) in [7, 11) is 0. The van der Waals surface area contributed by atoms with Crippen molar-refractivity contribution < 1.29 is 0 Å². The molecule has 0 bridgehead atoms. The second-order valence-electron chi connectivity index (χ2n) is 3.24. The molecule has 3 rings (SSSR count). The number of aromatic amines is 1. The van der Waals surface area contributed by atoms with Gasteiger partial charge in [-0.05, 0) is 24.3 Å². The van der Waals surface area contributed by atoms with Gasteiger partial charge < -0.3 is 0 Å². The van der Waals surface area contributed by atoms with E-state index in [9.17, 15) is 0 Å². The average Bonchev–Trinajstić information content (AvgIpc) is 2.82. The molecule has 0 amide bonds. The molecule has 0 aliphatic rings. The number of pyridine rings is 2. The van der Waals surface area contributed by atoms with Crippen LogP contribution < -0.4 is 0 Å². The molecule has 0 saturated carbocycles. The molecule has 3 aromatic rings. The first-order valence-electron chi connectivity index (χ1n) is 4.64. The maximum absolute atomic E-state index is 4.51. The fourth-order valence-electron chi connectivity index (χ4n) is 1.51. The van der Waals surface area contributed by atoms with E-state index in [0.29, 0.717) is 0 Å². The van der Waals surface area contributed by atoms with Crippen molar-refractivity contribution in [2.45, 2.75) is 0 Å². The second kappa shape index (κ2) is 3.16. The molecule has 0 radical (unpaired) electrons. The third kappa shape index (κ3) is 1.36. The lowest BCUT2D eigenvalue weighted by Crippen LogP contribution is -1.85. The number of hydrogen-bond acceptors (Lipinski definition) is 3. The van der Waals surface area contributed by atoms with Crippen molar-refractivity contribution in [3.8, 4) is 11.4 Å². The largest absolute Gasteiger partial charge is 0.276 e. The van der Waals surface area contributed by atoms with E-state index >= 15 is 0 Å². The second-order valence-corrected chi connectivity index (χ2v) is 3.24. The van der Waals surface area contributed by atoms with Crippen LogP contribution in [0.25, 0.3) is 22.3 Å². The minimum absolute atomic E-state index is 0.895. The van der Waals surface area contributed by atoms with E-state index in [1.54, 1.807) is 18.6 Å². The predicted molar refractivity (Wildman–Crippen MR) is 57.1 cm³/mol. The zero-order valence-corrected chi connectivity index (χ0v) is 7.88. The summed E-state index contributed by atoms with van der Waals surface area (Å²) in [5.41, 5.74) is 2.76. The highest BCUT2D eigenvalue weighted by molar-refractivity contribution is 5.79. The van der Waals surface area contributed by atoms with Gasteiger partial charge in [-0.3, -0.25) is 10.1 Å². The summed E-state index contributed by atoms with van der Waals surface area (Å²) in [5, 5.41) is 7.83. The molecule has 1 N–H and O–H groups in total. The van der Waals surface area contributed by atoms with Gasteiger partial charge in [0.25, 0.3) is 0 Å². The number of nitrogens with one attached hydrogen (secondary N) is 1. The molecule has 0 spiro atoms. The third-order valence-corrected chi connectivity index (χ3v) is 2.27. The Labute approximate surface area is 86.0 Å². The number of aromatic nitrogens is 4. The molecule has 0 aromatic carbocycles. The van der Waals surface area contributed by atoms with Gasteiger partial charge in [-0.2, -0.15) is 5.10 Å². The molecule has 0 aliphatic carbocycles. The van der Waals surface area contributed by atoms with Gasteiger partial charge in [0.05, 0.1) is 16.9 Å². The summed E-state index contributed by atoms with van der Waals surface area (Å²) in [6, 6.07) is 7.76. The van der Waals surface area contributed by atoms with Crippen LogP contribution in [0.5, 0.6) is 0 Å². The van der Waals surface area contributed by atoms with E-state index in [0.717, 1.165) is 22.3 Å². The number of rotatable bonds is 1. The fraction of sp³-hybridized carbons (Fsp3) is 0. The Hall–Kier alpha value is -2.23. The summed E-state index contributed by atoms with van der Waals surface area (Å²) >= 11 is 0. The normalized spacial score (nSPS) is 10.7. The van der Waals surface area contributed by atoms with Crippen molar-refractivity contribution in [3.05, 3.63) is 42.9 Å². The van der Waals surface area contributed by atoms with Crippen LogP contribution in [0.3, 0.4) is 0 Å². The molecule has 0 atom stereocenters. The standard InChI is InChI=1S/C11H8N4/c1-2-10(11-4-6-13-15-11)14-9-3-5-12-7-8(1)9/h1-7H,(H,13,15). The first kappa shape index (κ1) is 8.11. The summed E-state index contributed by atoms with van der Waals surface area (Å²) < 4.78 is 0. The first-order valence-corrected chi connectivity index (χ1v) is 4.64. The molecule has 0 aliphatic heterocycles. The molecule has 0 fully saturated rings. The van der Waals surface area contributed by atoms with E-state index in [1.165, 1.54) is 0 Å². The number of nitrogens with zero attached hydrogens (tertiary/aromatic N) is 3. The van der Waals surface area contributed by atoms with E-state index in [1.807, 2.05) is 24.3 Å². The van der Waals surface area contributed by atoms with Crippen LogP contribution in [-0.2, 0) is 0 Å². The molecule has 4 heteroatoms. The van der Waals surface area contributed by atoms with E-state index in [4.69, 9.17) is 0 Å². The molecule has 15 heavy (non-hydrogen) atoms. The van der Waals surface area contributed by atoms with Gasteiger partial charge in [0.2, 0.25) is 0 Å². The summed E-state index contributed by atoms with van der Waals surface area (Å²) in [5.74, 6) is 0. The van der Waals surface area contributed by atoms with Crippen molar-refractivity contribution in [2.24, 2.45) is 0 Å². The Morgan fingerprint density at radius 1 is 1.00 bits per heavy atom. The van der Waals surface area contributed by atoms with Crippen LogP contribution in [0.15, 0.2) is 42.9 Å². The molecule has 4 nitrogen and oxygen atoms in total. The van der Waals surface area contributed by atoms with Crippen LogP contribution in [0.2, 0.25) is 0 Å². The number of H-pyrrole nitrogens is 1. The lowest BCUT2D eigenvalue weighted by atomic mass is 10.2. The maximum atomic E-state index is 4.51. The predicted octanol–water partition coefficient (Wildman–Crippen LogP) is 2.02. The molecular formula is C11H8N4. The molecule has 0 saturated heterocycles. The van der Waals surface area contributed by atoms with Gasteiger partial charge in [0.15, 0.2) is 0 Å². The lowest BCUT2D eigenvalue weighted by molar-refractivity contribution is 1.09. The van der Waals surface area contributed by atoms with Crippen LogP contribution >= 0.6 is 0 Å². The van der Waals surface area contributed by atoms with Crippen molar-refractivity contribution >= 4 is 10.9 Å². The first-order chi connectivity index (χ1) is 7.43. The van der Waals surface area contributed by atoms with Gasteiger partial charge in [-0.25, -0.2) is 4.98 Å². The minimum atomic E-state index is 0.895. The van der Waals surface area contributed by atoms with Crippen LogP contribution in [0.4, 0.5) is 0 Å². The quantitative estimate of drug-likeness (QED) is 0.647. The Kier molecular flexibility index (Phi) is 1.71. The highest BCUT2D eigenvalue weighted by atomic mass is 15.1. The molecule has 72 valence electrons. The SMILES string of the molecule is c1cc2nc(-c3ccn[nH]3)ccc2cn1. The lowest BCUT2D eigenvalue weighted by Gasteiger charge is -1.99. The Morgan fingerprint density at radius 2 is 2.00 bits per heavy atom. The van der Waals surface area contributed by atoms with Crippen LogP contribution in [0, 0.1) is 0 Å². The average molecular weight is 196 g/mol. The van der Waals surface area contributed by atoms with Gasteiger partial charge >= 0.3 is 0 Å². The Balaban J connectivity index is 2.22. The zero-order valence-electron chi connectivity index (χ0n) is 7.88. The molecule has 0 unspecified atom stereocenters. The summed E-state index contributed by atoms with van der Waals surface area (Å²) in [6.07, 6.45) is 5.26. The summed E-state index contributed by atoms with van der Waals surface area (Å²) in [4.78, 5) is 8.55. The fourth-order valence-corrected chi connectivity index (χ4v) is 1.51. The maximum Gasteiger partial charge on any atom is 0.0888 e. The van der Waals surface area contributed by atoms with E-state index in [2.05, 4.69) is 20.2 Å². The Bertz CT molecular complexity index is 586. The molecule has 3 heterocycles. The molecular weight excluding hydrogens is 188 g/mol. The highest BCUT2D eigenvalue weighted by Crippen LogP contribution is 2.17. The van der Waals surface area contributed by atoms with Gasteiger partial charge in [0.1, 0.15) is 0 Å². The highest BCUT2D eigenvalue weighted by Gasteiger charge is 2.01.